The van der Waals surface area contributed by atoms with Crippen molar-refractivity contribution in [3.63, 3.8) is 0 Å². The number of aromatic nitrogens is 3. The maximum absolute atomic E-state index is 13.7. The number of fused-ring (bicyclic) bond motifs is 1. The quantitative estimate of drug-likeness (QED) is 0.308. The molecule has 3 heterocycles. The normalized spacial score (nSPS) is 14.9. The molecule has 0 aliphatic carbocycles. The Hall–Kier alpha value is -3.33. The van der Waals surface area contributed by atoms with Crippen molar-refractivity contribution in [2.24, 2.45) is 0 Å². The smallest absolute Gasteiger partial charge is 0.256 e. The Morgan fingerprint density at radius 1 is 1.17 bits per heavy atom. The zero-order valence-electron chi connectivity index (χ0n) is 19.1. The van der Waals surface area contributed by atoms with Gasteiger partial charge in [-0.05, 0) is 61.2 Å². The summed E-state index contributed by atoms with van der Waals surface area (Å²) in [6.07, 6.45) is 0. The Kier molecular flexibility index (Phi) is 6.27. The van der Waals surface area contributed by atoms with E-state index < -0.39 is 6.04 Å². The number of amides is 1. The lowest BCUT2D eigenvalue weighted by Gasteiger charge is -2.28. The summed E-state index contributed by atoms with van der Waals surface area (Å²) >= 11 is 14.1. The number of benzene rings is 2. The highest BCUT2D eigenvalue weighted by Crippen LogP contribution is 2.41. The largest absolute Gasteiger partial charge is 0.495 e. The van der Waals surface area contributed by atoms with Gasteiger partial charge < -0.3 is 15.4 Å². The van der Waals surface area contributed by atoms with Crippen LogP contribution < -0.4 is 15.4 Å². The highest BCUT2D eigenvalue weighted by Gasteiger charge is 2.36. The Balaban J connectivity index is 1.61. The monoisotopic (exact) mass is 525 g/mol. The van der Waals surface area contributed by atoms with Crippen molar-refractivity contribution in [2.45, 2.75) is 19.9 Å². The minimum absolute atomic E-state index is 0.260. The molecule has 0 fully saturated rings. The van der Waals surface area contributed by atoms with Crippen LogP contribution in [-0.4, -0.2) is 27.8 Å². The van der Waals surface area contributed by atoms with E-state index in [9.17, 15) is 4.79 Å². The first kappa shape index (κ1) is 23.4. The second-order valence-corrected chi connectivity index (χ2v) is 9.81. The second-order valence-electron chi connectivity index (χ2n) is 8.02. The fraction of sp³-hybridized carbons (Fsp3) is 0.160. The van der Waals surface area contributed by atoms with Gasteiger partial charge in [-0.3, -0.25) is 4.79 Å². The molecule has 35 heavy (non-hydrogen) atoms. The lowest BCUT2D eigenvalue weighted by Crippen LogP contribution is -2.31. The van der Waals surface area contributed by atoms with Crippen LogP contribution in [-0.2, 0) is 4.79 Å². The number of nitrogens with one attached hydrogen (secondary N) is 2. The third-order valence-corrected chi connectivity index (χ3v) is 7.39. The Labute approximate surface area is 216 Å². The van der Waals surface area contributed by atoms with Gasteiger partial charge in [0.05, 0.1) is 23.4 Å². The van der Waals surface area contributed by atoms with Gasteiger partial charge in [0.2, 0.25) is 5.95 Å². The molecule has 5 rings (SSSR count). The van der Waals surface area contributed by atoms with Crippen LogP contribution in [0, 0.1) is 6.92 Å². The van der Waals surface area contributed by atoms with Crippen molar-refractivity contribution >= 4 is 52.1 Å². The minimum Gasteiger partial charge on any atom is -0.495 e. The van der Waals surface area contributed by atoms with Crippen molar-refractivity contribution in [1.29, 1.82) is 0 Å². The third kappa shape index (κ3) is 4.29. The van der Waals surface area contributed by atoms with E-state index in [1.807, 2.05) is 37.4 Å². The first-order chi connectivity index (χ1) is 16.9. The number of nitrogens with zero attached hydrogens (tertiary/aromatic N) is 3. The van der Waals surface area contributed by atoms with Gasteiger partial charge in [0.1, 0.15) is 11.8 Å². The molecule has 10 heteroatoms. The molecule has 2 N–H and O–H groups in total. The van der Waals surface area contributed by atoms with Gasteiger partial charge >= 0.3 is 0 Å². The SMILES string of the molecule is COc1ccccc1NC(=O)C1=C(C)Nc2nc(-c3ccc(Cl)cc3Cl)nn2C1c1sccc1C. The summed E-state index contributed by atoms with van der Waals surface area (Å²) < 4.78 is 7.15. The molecule has 0 spiro atoms. The van der Waals surface area contributed by atoms with Crippen LogP contribution >= 0.6 is 34.5 Å². The standard InChI is InChI=1S/C25H21Cl2N5O2S/c1-13-10-11-35-22(13)21-20(24(33)29-18-6-4-5-7-19(18)34-3)14(2)28-25-30-23(31-32(21)25)16-9-8-15(26)12-17(16)27/h4-12,21H,1-3H3,(H,29,33)(H,28,30,31). The van der Waals surface area contributed by atoms with Crippen LogP contribution in [0.3, 0.4) is 0 Å². The highest BCUT2D eigenvalue weighted by atomic mass is 35.5. The van der Waals surface area contributed by atoms with Gasteiger partial charge in [-0.15, -0.1) is 16.4 Å². The van der Waals surface area contributed by atoms with E-state index in [0.717, 1.165) is 10.4 Å². The summed E-state index contributed by atoms with van der Waals surface area (Å²) in [7, 11) is 1.57. The third-order valence-electron chi connectivity index (χ3n) is 5.77. The molecule has 0 radical (unpaired) electrons. The van der Waals surface area contributed by atoms with Crippen LogP contribution in [0.1, 0.15) is 23.4 Å². The van der Waals surface area contributed by atoms with E-state index in [1.54, 1.807) is 53.5 Å². The summed E-state index contributed by atoms with van der Waals surface area (Å²) in [5, 5.41) is 14.0. The van der Waals surface area contributed by atoms with Crippen molar-refractivity contribution in [3.05, 3.63) is 85.7 Å². The van der Waals surface area contributed by atoms with Gasteiger partial charge in [0.15, 0.2) is 5.82 Å². The lowest BCUT2D eigenvalue weighted by atomic mass is 9.98. The molecule has 0 bridgehead atoms. The lowest BCUT2D eigenvalue weighted by molar-refractivity contribution is -0.113. The average Bonchev–Trinajstić information content (AvgIpc) is 3.44. The summed E-state index contributed by atoms with van der Waals surface area (Å²) in [6.45, 7) is 3.88. The number of anilines is 2. The van der Waals surface area contributed by atoms with Crippen LogP contribution in [0.15, 0.2) is 65.2 Å². The number of carbonyl (C=O) groups excluding carboxylic acids is 1. The maximum Gasteiger partial charge on any atom is 0.256 e. The molecule has 1 aliphatic rings. The molecule has 2 aromatic heterocycles. The van der Waals surface area contributed by atoms with E-state index >= 15 is 0 Å². The van der Waals surface area contributed by atoms with E-state index in [2.05, 4.69) is 15.6 Å². The summed E-state index contributed by atoms with van der Waals surface area (Å²) in [6, 6.07) is 14.0. The first-order valence-corrected chi connectivity index (χ1v) is 12.4. The molecular weight excluding hydrogens is 505 g/mol. The number of hydrogen-bond donors (Lipinski definition) is 2. The molecule has 7 nitrogen and oxygen atoms in total. The molecule has 178 valence electrons. The zero-order chi connectivity index (χ0) is 24.7. The highest BCUT2D eigenvalue weighted by molar-refractivity contribution is 7.10. The summed E-state index contributed by atoms with van der Waals surface area (Å²) in [4.78, 5) is 19.4. The van der Waals surface area contributed by atoms with Crippen LogP contribution in [0.4, 0.5) is 11.6 Å². The molecule has 0 saturated carbocycles. The Bertz CT molecular complexity index is 1480. The van der Waals surface area contributed by atoms with Crippen LogP contribution in [0.25, 0.3) is 11.4 Å². The summed E-state index contributed by atoms with van der Waals surface area (Å²) in [5.74, 6) is 1.28. The number of carbonyl (C=O) groups is 1. The fourth-order valence-electron chi connectivity index (χ4n) is 4.07. The number of halogens is 2. The van der Waals surface area contributed by atoms with Crippen molar-refractivity contribution in [3.8, 4) is 17.1 Å². The van der Waals surface area contributed by atoms with Gasteiger partial charge in [-0.2, -0.15) is 4.98 Å². The number of para-hydroxylation sites is 2. The molecule has 1 unspecified atom stereocenters. The fourth-order valence-corrected chi connectivity index (χ4v) is 5.59. The Morgan fingerprint density at radius 3 is 2.69 bits per heavy atom. The van der Waals surface area contributed by atoms with Crippen molar-refractivity contribution < 1.29 is 9.53 Å². The first-order valence-electron chi connectivity index (χ1n) is 10.8. The van der Waals surface area contributed by atoms with E-state index in [-0.39, 0.29) is 5.91 Å². The molecule has 1 atom stereocenters. The number of allylic oxidation sites excluding steroid dienone is 1. The second kappa shape index (κ2) is 9.37. The maximum atomic E-state index is 13.7. The van der Waals surface area contributed by atoms with Gasteiger partial charge in [0.25, 0.3) is 5.91 Å². The van der Waals surface area contributed by atoms with E-state index in [0.29, 0.717) is 50.1 Å². The molecular formula is C25H21Cl2N5O2S. The zero-order valence-corrected chi connectivity index (χ0v) is 21.4. The number of hydrogen-bond acceptors (Lipinski definition) is 6. The van der Waals surface area contributed by atoms with Gasteiger partial charge in [-0.1, -0.05) is 35.3 Å². The van der Waals surface area contributed by atoms with Gasteiger partial charge in [0, 0.05) is 21.2 Å². The number of rotatable bonds is 5. The van der Waals surface area contributed by atoms with Crippen LogP contribution in [0.2, 0.25) is 10.0 Å². The number of ether oxygens (including phenoxy) is 1. The predicted octanol–water partition coefficient (Wildman–Crippen LogP) is 6.56. The van der Waals surface area contributed by atoms with Crippen molar-refractivity contribution in [2.75, 3.05) is 17.7 Å². The Morgan fingerprint density at radius 2 is 1.97 bits per heavy atom. The van der Waals surface area contributed by atoms with Crippen LogP contribution in [0.5, 0.6) is 5.75 Å². The molecule has 1 aliphatic heterocycles. The number of methoxy groups -OCH3 is 1. The summed E-state index contributed by atoms with van der Waals surface area (Å²) in [5.41, 5.74) is 3.51. The topological polar surface area (TPSA) is 81.1 Å². The van der Waals surface area contributed by atoms with Crippen molar-refractivity contribution in [1.82, 2.24) is 14.8 Å². The number of aryl methyl sites for hydroxylation is 1. The van der Waals surface area contributed by atoms with E-state index in [4.69, 9.17) is 33.0 Å². The molecule has 0 saturated heterocycles. The molecule has 1 amide bonds. The number of thiophene rings is 1. The minimum atomic E-state index is -0.478. The molecule has 2 aromatic carbocycles. The van der Waals surface area contributed by atoms with Gasteiger partial charge in [-0.25, -0.2) is 4.68 Å². The average molecular weight is 526 g/mol. The van der Waals surface area contributed by atoms with E-state index in [1.165, 1.54) is 0 Å². The predicted molar refractivity (Wildman–Crippen MR) is 141 cm³/mol. The molecule has 4 aromatic rings.